The Hall–Kier alpha value is 0.566. The highest BCUT2D eigenvalue weighted by Gasteiger charge is 1.87. The molecule has 0 aliphatic rings. The molecule has 0 saturated heterocycles. The molecule has 0 spiro atoms. The minimum atomic E-state index is 0. The van der Waals surface area contributed by atoms with E-state index in [1.165, 1.54) is 0 Å². The van der Waals surface area contributed by atoms with E-state index in [-0.39, 0.29) is 23.1 Å². The van der Waals surface area contributed by atoms with Gasteiger partial charge in [0.25, 0.3) is 0 Å². The van der Waals surface area contributed by atoms with Gasteiger partial charge in [-0.2, -0.15) is 0 Å². The van der Waals surface area contributed by atoms with E-state index in [1.54, 1.807) is 0 Å². The number of hydrogen-bond donors (Lipinski definition) is 0. The topological polar surface area (TPSA) is 0 Å². The number of rotatable bonds is 1. The third kappa shape index (κ3) is 3.11. The molecule has 0 nitrogen and oxygen atoms in total. The van der Waals surface area contributed by atoms with Crippen LogP contribution in [-0.4, -0.2) is 23.1 Å². The van der Waals surface area contributed by atoms with Crippen LogP contribution in [0.3, 0.4) is 0 Å². The van der Waals surface area contributed by atoms with E-state index in [0.717, 1.165) is 10.6 Å². The lowest BCUT2D eigenvalue weighted by Crippen LogP contribution is -1.73. The van der Waals surface area contributed by atoms with Crippen molar-refractivity contribution in [3.05, 3.63) is 34.9 Å². The van der Waals surface area contributed by atoms with Gasteiger partial charge in [-0.05, 0) is 17.7 Å². The van der Waals surface area contributed by atoms with Gasteiger partial charge in [0.15, 0.2) is 0 Å². The first-order valence-electron chi connectivity index (χ1n) is 2.63. The molecule has 0 bridgehead atoms. The zero-order chi connectivity index (χ0) is 6.69. The normalized spacial score (nSPS) is 8.60. The van der Waals surface area contributed by atoms with Crippen molar-refractivity contribution in [2.45, 2.75) is 5.88 Å². The minimum Gasteiger partial charge on any atom is -0.122 e. The highest BCUT2D eigenvalue weighted by Crippen LogP contribution is 2.10. The van der Waals surface area contributed by atoms with Gasteiger partial charge in [0, 0.05) is 10.9 Å². The zero-order valence-corrected chi connectivity index (χ0v) is 6.28. The van der Waals surface area contributed by atoms with E-state index in [9.17, 15) is 0 Å². The molecule has 0 N–H and O–H groups in total. The molecule has 1 rings (SSSR count). The quantitative estimate of drug-likeness (QED) is 0.467. The fourth-order valence-electron chi connectivity index (χ4n) is 0.573. The molecule has 0 amide bonds. The van der Waals surface area contributed by atoms with Crippen molar-refractivity contribution in [3.63, 3.8) is 0 Å². The van der Waals surface area contributed by atoms with Gasteiger partial charge in [-0.25, -0.2) is 0 Å². The van der Waals surface area contributed by atoms with Crippen molar-refractivity contribution in [3.8, 4) is 0 Å². The Morgan fingerprint density at radius 2 is 1.60 bits per heavy atom. The first kappa shape index (κ1) is 10.6. The predicted molar refractivity (Wildman–Crippen MR) is 49.6 cm³/mol. The van der Waals surface area contributed by atoms with Crippen LogP contribution in [0.4, 0.5) is 0 Å². The van der Waals surface area contributed by atoms with Crippen LogP contribution in [0.25, 0.3) is 0 Å². The highest BCUT2D eigenvalue weighted by molar-refractivity contribution is 6.30. The molecule has 0 atom stereocenters. The summed E-state index contributed by atoms with van der Waals surface area (Å²) in [7, 11) is 0. The number of alkyl halides is 1. The Labute approximate surface area is 86.7 Å². The summed E-state index contributed by atoms with van der Waals surface area (Å²) in [6.45, 7) is 0. The molecule has 0 aliphatic carbocycles. The third-order valence-corrected chi connectivity index (χ3v) is 1.63. The van der Waals surface area contributed by atoms with Crippen LogP contribution >= 0.6 is 23.2 Å². The van der Waals surface area contributed by atoms with Crippen LogP contribution in [-0.2, 0) is 5.88 Å². The molecule has 10 heavy (non-hydrogen) atoms. The third-order valence-electron chi connectivity index (χ3n) is 1.07. The standard InChI is InChI=1S/C7H6Cl2.Mg.2H/c8-5-6-1-3-7(9)4-2-6;;;/h1-4H,5H2;;;. The zero-order valence-electron chi connectivity index (χ0n) is 4.77. The maximum atomic E-state index is 5.63. The maximum Gasteiger partial charge on any atom is 0.316 e. The molecule has 0 radical (unpaired) electrons. The Morgan fingerprint density at radius 1 is 1.10 bits per heavy atom. The first-order valence-corrected chi connectivity index (χ1v) is 3.54. The molecule has 0 saturated carbocycles. The van der Waals surface area contributed by atoms with Gasteiger partial charge in [-0.1, -0.05) is 23.7 Å². The molecule has 3 heteroatoms. The molecule has 0 aliphatic heterocycles. The van der Waals surface area contributed by atoms with Crippen LogP contribution in [0.15, 0.2) is 24.3 Å². The molecule has 0 fully saturated rings. The van der Waals surface area contributed by atoms with E-state index in [4.69, 9.17) is 23.2 Å². The fraction of sp³-hybridized carbons (Fsp3) is 0.143. The van der Waals surface area contributed by atoms with E-state index in [1.807, 2.05) is 24.3 Å². The maximum absolute atomic E-state index is 5.63. The Bertz CT molecular complexity index is 183. The van der Waals surface area contributed by atoms with Crippen molar-refractivity contribution in [1.82, 2.24) is 0 Å². The first-order chi connectivity index (χ1) is 4.33. The minimum absolute atomic E-state index is 0. The SMILES string of the molecule is ClCc1ccc(Cl)cc1.[MgH2]. The van der Waals surface area contributed by atoms with Gasteiger partial charge >= 0.3 is 23.1 Å². The highest BCUT2D eigenvalue weighted by atomic mass is 35.5. The van der Waals surface area contributed by atoms with Crippen LogP contribution in [0, 0.1) is 0 Å². The van der Waals surface area contributed by atoms with Gasteiger partial charge < -0.3 is 0 Å². The lowest BCUT2D eigenvalue weighted by molar-refractivity contribution is 1.40. The van der Waals surface area contributed by atoms with Crippen LogP contribution in [0.5, 0.6) is 0 Å². The Morgan fingerprint density at radius 3 is 2.00 bits per heavy atom. The number of halogens is 2. The summed E-state index contributed by atoms with van der Waals surface area (Å²) >= 11 is 11.2. The van der Waals surface area contributed by atoms with Crippen molar-refractivity contribution >= 4 is 46.3 Å². The summed E-state index contributed by atoms with van der Waals surface area (Å²) < 4.78 is 0. The van der Waals surface area contributed by atoms with E-state index in [2.05, 4.69) is 0 Å². The molecule has 0 aromatic heterocycles. The van der Waals surface area contributed by atoms with Crippen LogP contribution in [0.1, 0.15) is 5.56 Å². The fourth-order valence-corrected chi connectivity index (χ4v) is 0.878. The lowest BCUT2D eigenvalue weighted by atomic mass is 10.2. The second-order valence-electron chi connectivity index (χ2n) is 1.76. The molecular weight excluding hydrogens is 179 g/mol. The van der Waals surface area contributed by atoms with Crippen molar-refractivity contribution in [2.24, 2.45) is 0 Å². The van der Waals surface area contributed by atoms with Crippen LogP contribution < -0.4 is 0 Å². The summed E-state index contributed by atoms with van der Waals surface area (Å²) in [6.07, 6.45) is 0. The largest absolute Gasteiger partial charge is 0.316 e. The van der Waals surface area contributed by atoms with Gasteiger partial charge in [-0.3, -0.25) is 0 Å². The second kappa shape index (κ2) is 5.25. The van der Waals surface area contributed by atoms with Crippen molar-refractivity contribution in [1.29, 1.82) is 0 Å². The van der Waals surface area contributed by atoms with Gasteiger partial charge in [0.2, 0.25) is 0 Å². The summed E-state index contributed by atoms with van der Waals surface area (Å²) in [5, 5.41) is 0.754. The lowest BCUT2D eigenvalue weighted by Gasteiger charge is -1.91. The summed E-state index contributed by atoms with van der Waals surface area (Å²) in [5.74, 6) is 0.553. The predicted octanol–water partition coefficient (Wildman–Crippen LogP) is 2.16. The van der Waals surface area contributed by atoms with Gasteiger partial charge in [-0.15, -0.1) is 11.6 Å². The number of hydrogen-bond acceptors (Lipinski definition) is 0. The average molecular weight is 187 g/mol. The molecule has 52 valence electrons. The summed E-state index contributed by atoms with van der Waals surface area (Å²) in [6, 6.07) is 7.49. The van der Waals surface area contributed by atoms with E-state index in [0.29, 0.717) is 5.88 Å². The molecular formula is C7H8Cl2Mg. The van der Waals surface area contributed by atoms with E-state index >= 15 is 0 Å². The second-order valence-corrected chi connectivity index (χ2v) is 2.46. The summed E-state index contributed by atoms with van der Waals surface area (Å²) in [5.41, 5.74) is 1.10. The van der Waals surface area contributed by atoms with Crippen molar-refractivity contribution < 1.29 is 0 Å². The molecule has 0 unspecified atom stereocenters. The van der Waals surface area contributed by atoms with Gasteiger partial charge in [0.1, 0.15) is 0 Å². The Balaban J connectivity index is 0.000000810. The van der Waals surface area contributed by atoms with Gasteiger partial charge in [0.05, 0.1) is 0 Å². The average Bonchev–Trinajstić information content (AvgIpc) is 1.90. The monoisotopic (exact) mass is 186 g/mol. The van der Waals surface area contributed by atoms with Crippen molar-refractivity contribution in [2.75, 3.05) is 0 Å². The molecule has 1 aromatic carbocycles. The smallest absolute Gasteiger partial charge is 0.122 e. The number of benzene rings is 1. The molecule has 1 aromatic rings. The van der Waals surface area contributed by atoms with Crippen LogP contribution in [0.2, 0.25) is 5.02 Å². The Kier molecular flexibility index (Phi) is 5.54. The summed E-state index contributed by atoms with van der Waals surface area (Å²) in [4.78, 5) is 0. The molecule has 0 heterocycles. The van der Waals surface area contributed by atoms with E-state index < -0.39 is 0 Å².